The highest BCUT2D eigenvalue weighted by molar-refractivity contribution is 8.01. The van der Waals surface area contributed by atoms with E-state index in [1.807, 2.05) is 0 Å². The first kappa shape index (κ1) is 14.8. The van der Waals surface area contributed by atoms with Crippen molar-refractivity contribution in [1.82, 2.24) is 10.2 Å². The summed E-state index contributed by atoms with van der Waals surface area (Å²) < 4.78 is 11.2. The van der Waals surface area contributed by atoms with Crippen molar-refractivity contribution in [1.29, 1.82) is 0 Å². The van der Waals surface area contributed by atoms with Gasteiger partial charge in [0.2, 0.25) is 12.7 Å². The molecule has 0 unspecified atom stereocenters. The Labute approximate surface area is 134 Å². The molecular formula is C13H11N3O4S2. The summed E-state index contributed by atoms with van der Waals surface area (Å²) in [6.07, 6.45) is 0. The second-order valence-electron chi connectivity index (χ2n) is 4.35. The minimum absolute atomic E-state index is 0.108. The number of nitrogens with zero attached hydrogens (tertiary/aromatic N) is 2. The second-order valence-corrected chi connectivity index (χ2v) is 6.40. The van der Waals surface area contributed by atoms with Crippen LogP contribution < -0.4 is 14.8 Å². The lowest BCUT2D eigenvalue weighted by Gasteiger charge is -2.10. The van der Waals surface area contributed by atoms with Crippen molar-refractivity contribution in [2.24, 2.45) is 0 Å². The van der Waals surface area contributed by atoms with E-state index >= 15 is 0 Å². The Bertz CT molecular complexity index is 718. The minimum Gasteiger partial charge on any atom is -0.454 e. The maximum absolute atomic E-state index is 12.0. The number of Topliss-reactive ketones (excluding diaryl/α,β-unsaturated/α-hetero) is 1. The quantitative estimate of drug-likeness (QED) is 0.660. The summed E-state index contributed by atoms with van der Waals surface area (Å²) in [5.74, 6) is 0.802. The SMILES string of the molecule is CC(=O)c1cc2c(cc1NC(=O)CSc1nncs1)OCO2. The molecule has 0 spiro atoms. The van der Waals surface area contributed by atoms with Gasteiger partial charge in [-0.05, 0) is 13.0 Å². The molecule has 0 radical (unpaired) electrons. The first-order valence-electron chi connectivity index (χ1n) is 6.27. The number of thioether (sulfide) groups is 1. The molecule has 1 N–H and O–H groups in total. The lowest BCUT2D eigenvalue weighted by molar-refractivity contribution is -0.113. The van der Waals surface area contributed by atoms with Crippen molar-refractivity contribution in [2.75, 3.05) is 17.9 Å². The zero-order valence-electron chi connectivity index (χ0n) is 11.5. The summed E-state index contributed by atoms with van der Waals surface area (Å²) in [6.45, 7) is 1.54. The van der Waals surface area contributed by atoms with Crippen LogP contribution >= 0.6 is 23.1 Å². The molecule has 9 heteroatoms. The highest BCUT2D eigenvalue weighted by Gasteiger charge is 2.20. The zero-order valence-corrected chi connectivity index (χ0v) is 13.1. The van der Waals surface area contributed by atoms with Gasteiger partial charge in [-0.3, -0.25) is 9.59 Å². The van der Waals surface area contributed by atoms with Crippen molar-refractivity contribution in [3.63, 3.8) is 0 Å². The van der Waals surface area contributed by atoms with Gasteiger partial charge in [-0.15, -0.1) is 10.2 Å². The number of fused-ring (bicyclic) bond motifs is 1. The standard InChI is InChI=1S/C13H11N3O4S2/c1-7(17)8-2-10-11(20-6-19-10)3-9(8)15-12(18)4-21-13-16-14-5-22-13/h2-3,5H,4,6H2,1H3,(H,15,18). The van der Waals surface area contributed by atoms with Gasteiger partial charge in [0.25, 0.3) is 0 Å². The van der Waals surface area contributed by atoms with E-state index < -0.39 is 0 Å². The fraction of sp³-hybridized carbons (Fsp3) is 0.231. The molecule has 7 nitrogen and oxygen atoms in total. The Kier molecular flexibility index (Phi) is 4.25. The van der Waals surface area contributed by atoms with Gasteiger partial charge < -0.3 is 14.8 Å². The van der Waals surface area contributed by atoms with Gasteiger partial charge in [0.05, 0.1) is 11.4 Å². The van der Waals surface area contributed by atoms with Gasteiger partial charge in [0.15, 0.2) is 21.6 Å². The molecule has 2 heterocycles. The molecule has 1 aromatic heterocycles. The van der Waals surface area contributed by atoms with Crippen LogP contribution in [0.2, 0.25) is 0 Å². The molecule has 1 aliphatic rings. The van der Waals surface area contributed by atoms with Gasteiger partial charge in [-0.2, -0.15) is 0 Å². The van der Waals surface area contributed by atoms with Crippen LogP contribution in [0.25, 0.3) is 0 Å². The van der Waals surface area contributed by atoms with E-state index in [0.29, 0.717) is 27.1 Å². The first-order chi connectivity index (χ1) is 10.6. The number of carbonyl (C=O) groups is 2. The molecule has 0 saturated carbocycles. The summed E-state index contributed by atoms with van der Waals surface area (Å²) in [5, 5.41) is 10.3. The van der Waals surface area contributed by atoms with Crippen LogP contribution in [-0.2, 0) is 4.79 Å². The van der Waals surface area contributed by atoms with Crippen LogP contribution in [0.5, 0.6) is 11.5 Å². The summed E-state index contributed by atoms with van der Waals surface area (Å²) in [6, 6.07) is 3.19. The number of ether oxygens (including phenoxy) is 2. The van der Waals surface area contributed by atoms with Gasteiger partial charge in [0.1, 0.15) is 5.51 Å². The van der Waals surface area contributed by atoms with Crippen molar-refractivity contribution in [2.45, 2.75) is 11.3 Å². The van der Waals surface area contributed by atoms with Crippen molar-refractivity contribution < 1.29 is 19.1 Å². The summed E-state index contributed by atoms with van der Waals surface area (Å²) in [4.78, 5) is 23.7. The Morgan fingerprint density at radius 2 is 2.14 bits per heavy atom. The Hall–Kier alpha value is -2.13. The fourth-order valence-electron chi connectivity index (χ4n) is 1.88. The van der Waals surface area contributed by atoms with Gasteiger partial charge >= 0.3 is 0 Å². The molecule has 22 heavy (non-hydrogen) atoms. The number of nitrogens with one attached hydrogen (secondary N) is 1. The summed E-state index contributed by atoms with van der Waals surface area (Å²) in [5.41, 5.74) is 2.41. The number of rotatable bonds is 5. The molecule has 114 valence electrons. The molecule has 1 aliphatic heterocycles. The van der Waals surface area contributed by atoms with E-state index in [0.717, 1.165) is 0 Å². The first-order valence-corrected chi connectivity index (χ1v) is 8.13. The number of carbonyl (C=O) groups excluding carboxylic acids is 2. The highest BCUT2D eigenvalue weighted by Crippen LogP contribution is 2.37. The zero-order chi connectivity index (χ0) is 15.5. The van der Waals surface area contributed by atoms with Crippen LogP contribution in [0.15, 0.2) is 22.0 Å². The van der Waals surface area contributed by atoms with E-state index in [1.54, 1.807) is 17.6 Å². The third kappa shape index (κ3) is 3.20. The van der Waals surface area contributed by atoms with Gasteiger partial charge in [0, 0.05) is 11.6 Å². The minimum atomic E-state index is -0.235. The lowest BCUT2D eigenvalue weighted by atomic mass is 10.1. The third-order valence-corrected chi connectivity index (χ3v) is 4.69. The Morgan fingerprint density at radius 3 is 2.82 bits per heavy atom. The van der Waals surface area contributed by atoms with E-state index in [9.17, 15) is 9.59 Å². The van der Waals surface area contributed by atoms with Gasteiger partial charge in [-0.1, -0.05) is 23.1 Å². The second kappa shape index (κ2) is 6.32. The number of aromatic nitrogens is 2. The van der Waals surface area contributed by atoms with Crippen LogP contribution in [0.3, 0.4) is 0 Å². The van der Waals surface area contributed by atoms with E-state index in [2.05, 4.69) is 15.5 Å². The average Bonchev–Trinajstić information content (AvgIpc) is 3.15. The Morgan fingerprint density at radius 1 is 1.36 bits per heavy atom. The average molecular weight is 337 g/mol. The van der Waals surface area contributed by atoms with Crippen molar-refractivity contribution in [3.8, 4) is 11.5 Å². The summed E-state index contributed by atoms with van der Waals surface area (Å²) in [7, 11) is 0. The van der Waals surface area contributed by atoms with Crippen molar-refractivity contribution >= 4 is 40.5 Å². The largest absolute Gasteiger partial charge is 0.454 e. The van der Waals surface area contributed by atoms with Crippen molar-refractivity contribution in [3.05, 3.63) is 23.2 Å². The summed E-state index contributed by atoms with van der Waals surface area (Å²) >= 11 is 2.65. The van der Waals surface area contributed by atoms with Crippen LogP contribution in [-0.4, -0.2) is 34.4 Å². The monoisotopic (exact) mass is 337 g/mol. The molecule has 0 saturated heterocycles. The molecule has 0 atom stereocenters. The number of ketones is 1. The maximum atomic E-state index is 12.0. The molecule has 1 amide bonds. The number of hydrogen-bond donors (Lipinski definition) is 1. The molecule has 0 aliphatic carbocycles. The molecular weight excluding hydrogens is 326 g/mol. The molecule has 0 bridgehead atoms. The lowest BCUT2D eigenvalue weighted by Crippen LogP contribution is -2.16. The molecule has 0 fully saturated rings. The predicted molar refractivity (Wildman–Crippen MR) is 81.8 cm³/mol. The number of amides is 1. The van der Waals surface area contributed by atoms with Crippen LogP contribution in [0.1, 0.15) is 17.3 Å². The fourth-order valence-corrected chi connectivity index (χ4v) is 3.16. The number of benzene rings is 1. The van der Waals surface area contributed by atoms with E-state index in [1.165, 1.54) is 30.0 Å². The van der Waals surface area contributed by atoms with E-state index in [4.69, 9.17) is 9.47 Å². The third-order valence-electron chi connectivity index (χ3n) is 2.83. The maximum Gasteiger partial charge on any atom is 0.234 e. The molecule has 1 aromatic carbocycles. The predicted octanol–water partition coefficient (Wildman–Crippen LogP) is 2.20. The highest BCUT2D eigenvalue weighted by atomic mass is 32.2. The topological polar surface area (TPSA) is 90.4 Å². The smallest absolute Gasteiger partial charge is 0.234 e. The van der Waals surface area contributed by atoms with E-state index in [-0.39, 0.29) is 24.2 Å². The van der Waals surface area contributed by atoms with Crippen LogP contribution in [0, 0.1) is 0 Å². The molecule has 2 aromatic rings. The molecule has 3 rings (SSSR count). The number of anilines is 1. The van der Waals surface area contributed by atoms with Crippen LogP contribution in [0.4, 0.5) is 5.69 Å². The Balaban J connectivity index is 1.73. The number of hydrogen-bond acceptors (Lipinski definition) is 8. The van der Waals surface area contributed by atoms with Gasteiger partial charge in [-0.25, -0.2) is 0 Å². The normalized spacial score (nSPS) is 12.2.